The van der Waals surface area contributed by atoms with E-state index in [0.29, 0.717) is 46.0 Å². The highest BCUT2D eigenvalue weighted by Crippen LogP contribution is 2.33. The fourth-order valence-corrected chi connectivity index (χ4v) is 4.24. The molecule has 0 bridgehead atoms. The minimum absolute atomic E-state index is 0.125. The highest BCUT2D eigenvalue weighted by Gasteiger charge is 2.15. The lowest BCUT2D eigenvalue weighted by Gasteiger charge is -2.10. The summed E-state index contributed by atoms with van der Waals surface area (Å²) < 4.78 is 11.7. The Kier molecular flexibility index (Phi) is 6.39. The van der Waals surface area contributed by atoms with Crippen LogP contribution in [-0.2, 0) is 4.79 Å². The number of carbonyl (C=O) groups is 1. The van der Waals surface area contributed by atoms with Gasteiger partial charge < -0.3 is 14.5 Å². The third kappa shape index (κ3) is 4.72. The van der Waals surface area contributed by atoms with Crippen LogP contribution < -0.4 is 10.1 Å². The Bertz CT molecular complexity index is 1500. The van der Waals surface area contributed by atoms with Crippen molar-refractivity contribution in [2.45, 2.75) is 12.8 Å². The summed E-state index contributed by atoms with van der Waals surface area (Å²) in [6.07, 6.45) is 0.819. The van der Waals surface area contributed by atoms with E-state index in [1.807, 2.05) is 60.7 Å². The molecule has 7 heteroatoms. The van der Waals surface area contributed by atoms with Crippen molar-refractivity contribution in [1.29, 1.82) is 0 Å². The number of halogens is 2. The van der Waals surface area contributed by atoms with E-state index in [1.165, 1.54) is 0 Å². The number of oxazole rings is 1. The summed E-state index contributed by atoms with van der Waals surface area (Å²) >= 11 is 12.0. The molecule has 1 heterocycles. The van der Waals surface area contributed by atoms with Gasteiger partial charge in [-0.2, -0.15) is 0 Å². The summed E-state index contributed by atoms with van der Waals surface area (Å²) in [5, 5.41) is 6.08. The van der Waals surface area contributed by atoms with Crippen LogP contribution >= 0.6 is 23.2 Å². The number of rotatable bonds is 7. The molecule has 1 aromatic heterocycles. The molecule has 4 aromatic carbocycles. The van der Waals surface area contributed by atoms with Gasteiger partial charge in [0.15, 0.2) is 5.58 Å². The lowest BCUT2D eigenvalue weighted by atomic mass is 10.1. The van der Waals surface area contributed by atoms with Crippen LogP contribution in [0.1, 0.15) is 12.8 Å². The highest BCUT2D eigenvalue weighted by atomic mass is 35.5. The number of anilines is 1. The summed E-state index contributed by atoms with van der Waals surface area (Å²) in [4.78, 5) is 17.3. The number of ether oxygens (including phenoxy) is 1. The molecule has 0 spiro atoms. The van der Waals surface area contributed by atoms with Crippen LogP contribution in [0.5, 0.6) is 5.75 Å². The summed E-state index contributed by atoms with van der Waals surface area (Å²) in [6.45, 7) is 0.356. The molecule has 5 aromatic rings. The minimum Gasteiger partial charge on any atom is -0.492 e. The van der Waals surface area contributed by atoms with Crippen molar-refractivity contribution in [3.63, 3.8) is 0 Å². The first-order valence-electron chi connectivity index (χ1n) is 10.8. The van der Waals surface area contributed by atoms with Gasteiger partial charge in [-0.25, -0.2) is 4.98 Å². The normalized spacial score (nSPS) is 11.1. The van der Waals surface area contributed by atoms with Gasteiger partial charge in [-0.15, -0.1) is 0 Å². The molecule has 170 valence electrons. The van der Waals surface area contributed by atoms with Crippen LogP contribution in [-0.4, -0.2) is 17.5 Å². The van der Waals surface area contributed by atoms with Crippen LogP contribution in [0.25, 0.3) is 33.3 Å². The molecule has 0 atom stereocenters. The number of fused-ring (bicyclic) bond motifs is 3. The second-order valence-corrected chi connectivity index (χ2v) is 8.62. The van der Waals surface area contributed by atoms with Gasteiger partial charge in [0.25, 0.3) is 0 Å². The Hall–Kier alpha value is -3.54. The van der Waals surface area contributed by atoms with E-state index in [0.717, 1.165) is 21.9 Å². The molecular weight excluding hydrogens is 471 g/mol. The number of carbonyl (C=O) groups excluding carboxylic acids is 1. The molecule has 0 aliphatic carbocycles. The number of nitrogens with zero attached hydrogens (tertiary/aromatic N) is 1. The summed E-state index contributed by atoms with van der Waals surface area (Å²) in [5.74, 6) is 0.878. The van der Waals surface area contributed by atoms with Gasteiger partial charge in [0.2, 0.25) is 11.8 Å². The van der Waals surface area contributed by atoms with E-state index < -0.39 is 0 Å². The van der Waals surface area contributed by atoms with Gasteiger partial charge in [-0.1, -0.05) is 65.7 Å². The third-order valence-electron chi connectivity index (χ3n) is 5.41. The van der Waals surface area contributed by atoms with Crippen molar-refractivity contribution in [2.75, 3.05) is 11.9 Å². The second kappa shape index (κ2) is 9.75. The Morgan fingerprint density at radius 2 is 1.79 bits per heavy atom. The van der Waals surface area contributed by atoms with Gasteiger partial charge in [0, 0.05) is 16.8 Å². The smallest absolute Gasteiger partial charge is 0.229 e. The van der Waals surface area contributed by atoms with E-state index in [4.69, 9.17) is 37.3 Å². The number of aromatic nitrogens is 1. The largest absolute Gasteiger partial charge is 0.492 e. The Labute approximate surface area is 206 Å². The van der Waals surface area contributed by atoms with E-state index in [2.05, 4.69) is 5.32 Å². The molecular formula is C27H20Cl2N2O3. The molecule has 0 aliphatic heterocycles. The maximum Gasteiger partial charge on any atom is 0.229 e. The molecule has 0 saturated heterocycles. The Morgan fingerprint density at radius 3 is 2.68 bits per heavy atom. The summed E-state index contributed by atoms with van der Waals surface area (Å²) in [6, 6.07) is 24.5. The fraction of sp³-hybridized carbons (Fsp3) is 0.111. The molecule has 0 radical (unpaired) electrons. The molecule has 0 fully saturated rings. The van der Waals surface area contributed by atoms with Crippen molar-refractivity contribution >= 4 is 56.7 Å². The standard InChI is InChI=1S/C27H20Cl2N2O3/c28-18-12-14-23(21(29)16-18)33-15-5-10-25(32)30-22-9-4-3-8-20(22)27-31-26-19-7-2-1-6-17(19)11-13-24(26)34-27/h1-4,6-9,11-14,16H,5,10,15H2,(H,30,32). The van der Waals surface area contributed by atoms with Crippen LogP contribution in [0.2, 0.25) is 10.0 Å². The monoisotopic (exact) mass is 490 g/mol. The number of benzene rings is 4. The number of amides is 1. The predicted octanol–water partition coefficient (Wildman–Crippen LogP) is 7.75. The van der Waals surface area contributed by atoms with Crippen molar-refractivity contribution in [1.82, 2.24) is 4.98 Å². The first kappa shape index (κ1) is 22.3. The zero-order valence-electron chi connectivity index (χ0n) is 18.1. The van der Waals surface area contributed by atoms with Gasteiger partial charge in [0.05, 0.1) is 22.9 Å². The molecule has 1 N–H and O–H groups in total. The molecule has 0 aliphatic rings. The zero-order chi connectivity index (χ0) is 23.5. The van der Waals surface area contributed by atoms with Gasteiger partial charge in [0.1, 0.15) is 11.3 Å². The van der Waals surface area contributed by atoms with E-state index >= 15 is 0 Å². The van der Waals surface area contributed by atoms with Crippen LogP contribution in [0.15, 0.2) is 83.3 Å². The van der Waals surface area contributed by atoms with Crippen LogP contribution in [0.3, 0.4) is 0 Å². The highest BCUT2D eigenvalue weighted by molar-refractivity contribution is 6.35. The number of nitrogens with one attached hydrogen (secondary N) is 1. The van der Waals surface area contributed by atoms with Gasteiger partial charge >= 0.3 is 0 Å². The lowest BCUT2D eigenvalue weighted by Crippen LogP contribution is -2.13. The SMILES string of the molecule is O=C(CCCOc1ccc(Cl)cc1Cl)Nc1ccccc1-c1nc2c(ccc3ccccc32)o1. The van der Waals surface area contributed by atoms with Crippen molar-refractivity contribution in [3.05, 3.63) is 88.9 Å². The molecule has 0 saturated carbocycles. The van der Waals surface area contributed by atoms with E-state index in [1.54, 1.807) is 18.2 Å². The fourth-order valence-electron chi connectivity index (χ4n) is 3.77. The van der Waals surface area contributed by atoms with Crippen LogP contribution in [0, 0.1) is 0 Å². The molecule has 34 heavy (non-hydrogen) atoms. The molecule has 1 amide bonds. The zero-order valence-corrected chi connectivity index (χ0v) is 19.6. The van der Waals surface area contributed by atoms with Gasteiger partial charge in [-0.3, -0.25) is 4.79 Å². The summed E-state index contributed by atoms with van der Waals surface area (Å²) in [7, 11) is 0. The number of hydrogen-bond acceptors (Lipinski definition) is 4. The van der Waals surface area contributed by atoms with Crippen molar-refractivity contribution < 1.29 is 13.9 Å². The maximum atomic E-state index is 12.6. The topological polar surface area (TPSA) is 64.4 Å². The molecule has 0 unspecified atom stereocenters. The third-order valence-corrected chi connectivity index (χ3v) is 5.95. The second-order valence-electron chi connectivity index (χ2n) is 7.77. The Morgan fingerprint density at radius 1 is 0.971 bits per heavy atom. The van der Waals surface area contributed by atoms with Gasteiger partial charge in [-0.05, 0) is 48.2 Å². The predicted molar refractivity (Wildman–Crippen MR) is 137 cm³/mol. The molecule has 5 nitrogen and oxygen atoms in total. The first-order valence-corrected chi connectivity index (χ1v) is 11.6. The number of para-hydroxylation sites is 1. The average Bonchev–Trinajstić information content (AvgIpc) is 3.28. The minimum atomic E-state index is -0.125. The number of hydrogen-bond donors (Lipinski definition) is 1. The molecule has 5 rings (SSSR count). The maximum absolute atomic E-state index is 12.6. The summed E-state index contributed by atoms with van der Waals surface area (Å²) in [5.41, 5.74) is 2.87. The quantitative estimate of drug-likeness (QED) is 0.237. The average molecular weight is 491 g/mol. The van der Waals surface area contributed by atoms with E-state index in [9.17, 15) is 4.79 Å². The first-order chi connectivity index (χ1) is 16.6. The van der Waals surface area contributed by atoms with E-state index in [-0.39, 0.29) is 12.3 Å². The Balaban J connectivity index is 1.28. The van der Waals surface area contributed by atoms with Crippen LogP contribution in [0.4, 0.5) is 5.69 Å². The van der Waals surface area contributed by atoms with Crippen molar-refractivity contribution in [2.24, 2.45) is 0 Å². The van der Waals surface area contributed by atoms with Crippen molar-refractivity contribution in [3.8, 4) is 17.2 Å². The lowest BCUT2D eigenvalue weighted by molar-refractivity contribution is -0.116.